The largest absolute Gasteiger partial charge is 0.274 e. The van der Waals surface area contributed by atoms with Gasteiger partial charge in [-0.3, -0.25) is 4.57 Å². The van der Waals surface area contributed by atoms with Crippen LogP contribution in [0.4, 0.5) is 0 Å². The topological polar surface area (TPSA) is 54.5 Å². The van der Waals surface area contributed by atoms with E-state index in [4.69, 9.17) is 0 Å². The van der Waals surface area contributed by atoms with Crippen molar-refractivity contribution in [2.45, 2.75) is 37.6 Å². The first kappa shape index (κ1) is 17.2. The summed E-state index contributed by atoms with van der Waals surface area (Å²) in [4.78, 5) is 0. The fourth-order valence-corrected chi connectivity index (χ4v) is 3.64. The molecule has 0 saturated heterocycles. The number of aryl methyl sites for hydroxylation is 1. The molecule has 0 amide bonds. The third-order valence-electron chi connectivity index (χ3n) is 4.03. The van der Waals surface area contributed by atoms with E-state index < -0.39 is 0 Å². The van der Waals surface area contributed by atoms with Gasteiger partial charge in [-0.25, -0.2) is 0 Å². The van der Waals surface area contributed by atoms with Crippen molar-refractivity contribution in [3.63, 3.8) is 0 Å². The molecule has 4 nitrogen and oxygen atoms in total. The van der Waals surface area contributed by atoms with Crippen LogP contribution in [0.5, 0.6) is 0 Å². The van der Waals surface area contributed by atoms with Crippen LogP contribution in [-0.2, 0) is 5.75 Å². The molecule has 0 aliphatic heterocycles. The Hall–Kier alpha value is -2.58. The van der Waals surface area contributed by atoms with Gasteiger partial charge >= 0.3 is 0 Å². The van der Waals surface area contributed by atoms with Crippen LogP contribution in [-0.4, -0.2) is 14.8 Å². The summed E-state index contributed by atoms with van der Waals surface area (Å²) in [7, 11) is 0. The molecule has 0 unspecified atom stereocenters. The molecule has 0 aliphatic carbocycles. The van der Waals surface area contributed by atoms with E-state index >= 15 is 0 Å². The minimum Gasteiger partial charge on any atom is -0.274 e. The predicted octanol–water partition coefficient (Wildman–Crippen LogP) is 4.86. The highest BCUT2D eigenvalue weighted by Gasteiger charge is 2.18. The number of nitrogens with zero attached hydrogens (tertiary/aromatic N) is 4. The summed E-state index contributed by atoms with van der Waals surface area (Å²) in [6, 6.07) is 18.2. The van der Waals surface area contributed by atoms with Gasteiger partial charge in [0.25, 0.3) is 0 Å². The number of para-hydroxylation sites is 1. The first-order chi connectivity index (χ1) is 12.1. The smallest absolute Gasteiger partial charge is 0.196 e. The number of aromatic nitrogens is 3. The highest BCUT2D eigenvalue weighted by Crippen LogP contribution is 2.29. The van der Waals surface area contributed by atoms with Crippen LogP contribution in [0, 0.1) is 18.3 Å². The standard InChI is InChI=1S/C20H20N4S/c1-14(2)19-22-23-20(24(19)18-11-7-4-8-15(18)3)25-13-17-10-6-5-9-16(17)12-21/h4-11,14H,13H2,1-3H3. The molecule has 0 saturated carbocycles. The number of hydrogen-bond acceptors (Lipinski definition) is 4. The Morgan fingerprint density at radius 1 is 1.08 bits per heavy atom. The molecule has 0 radical (unpaired) electrons. The monoisotopic (exact) mass is 348 g/mol. The highest BCUT2D eigenvalue weighted by atomic mass is 32.2. The zero-order valence-corrected chi connectivity index (χ0v) is 15.4. The highest BCUT2D eigenvalue weighted by molar-refractivity contribution is 7.98. The van der Waals surface area contributed by atoms with Crippen molar-refractivity contribution in [2.75, 3.05) is 0 Å². The Labute approximate surface area is 152 Å². The molecule has 1 aromatic heterocycles. The van der Waals surface area contributed by atoms with E-state index in [1.165, 1.54) is 5.56 Å². The molecular weight excluding hydrogens is 328 g/mol. The summed E-state index contributed by atoms with van der Waals surface area (Å²) in [6.07, 6.45) is 0. The Balaban J connectivity index is 1.98. The molecule has 0 atom stereocenters. The second kappa shape index (κ2) is 7.54. The lowest BCUT2D eigenvalue weighted by molar-refractivity contribution is 0.730. The lowest BCUT2D eigenvalue weighted by Gasteiger charge is -2.14. The van der Waals surface area contributed by atoms with Crippen molar-refractivity contribution >= 4 is 11.8 Å². The Morgan fingerprint density at radius 2 is 1.80 bits per heavy atom. The van der Waals surface area contributed by atoms with Crippen molar-refractivity contribution in [1.29, 1.82) is 5.26 Å². The fourth-order valence-electron chi connectivity index (χ4n) is 2.69. The van der Waals surface area contributed by atoms with Gasteiger partial charge in [-0.05, 0) is 30.2 Å². The van der Waals surface area contributed by atoms with Crippen molar-refractivity contribution in [2.24, 2.45) is 0 Å². The Morgan fingerprint density at radius 3 is 2.52 bits per heavy atom. The van der Waals surface area contributed by atoms with Gasteiger partial charge in [-0.2, -0.15) is 5.26 Å². The van der Waals surface area contributed by atoms with E-state index in [1.54, 1.807) is 11.8 Å². The summed E-state index contributed by atoms with van der Waals surface area (Å²) in [6.45, 7) is 6.34. The van der Waals surface area contributed by atoms with Gasteiger partial charge in [0, 0.05) is 11.7 Å². The number of rotatable bonds is 5. The van der Waals surface area contributed by atoms with E-state index in [9.17, 15) is 5.26 Å². The molecule has 2 aromatic carbocycles. The van der Waals surface area contributed by atoms with E-state index in [0.717, 1.165) is 22.2 Å². The number of thioether (sulfide) groups is 1. The Kier molecular flexibility index (Phi) is 5.20. The molecule has 3 aromatic rings. The summed E-state index contributed by atoms with van der Waals surface area (Å²) < 4.78 is 2.14. The van der Waals surface area contributed by atoms with E-state index in [0.29, 0.717) is 11.3 Å². The van der Waals surface area contributed by atoms with Crippen molar-refractivity contribution in [3.8, 4) is 11.8 Å². The Bertz CT molecular complexity index is 921. The molecule has 0 spiro atoms. The third kappa shape index (κ3) is 3.59. The zero-order chi connectivity index (χ0) is 17.8. The van der Waals surface area contributed by atoms with E-state index in [1.807, 2.05) is 36.4 Å². The van der Waals surface area contributed by atoms with Gasteiger partial charge < -0.3 is 0 Å². The number of benzene rings is 2. The molecule has 0 N–H and O–H groups in total. The number of hydrogen-bond donors (Lipinski definition) is 0. The van der Waals surface area contributed by atoms with Crippen LogP contribution in [0.15, 0.2) is 53.7 Å². The third-order valence-corrected chi connectivity index (χ3v) is 5.00. The van der Waals surface area contributed by atoms with Gasteiger partial charge in [0.2, 0.25) is 0 Å². The molecule has 0 fully saturated rings. The quantitative estimate of drug-likeness (QED) is 0.618. The van der Waals surface area contributed by atoms with Crippen molar-refractivity contribution in [1.82, 2.24) is 14.8 Å². The minimum atomic E-state index is 0.271. The fraction of sp³-hybridized carbons (Fsp3) is 0.250. The normalized spacial score (nSPS) is 10.8. The van der Waals surface area contributed by atoms with Crippen molar-refractivity contribution < 1.29 is 0 Å². The molecular formula is C20H20N4S. The first-order valence-corrected chi connectivity index (χ1v) is 9.22. The molecule has 0 aliphatic rings. The van der Waals surface area contributed by atoms with E-state index in [2.05, 4.69) is 53.7 Å². The maximum Gasteiger partial charge on any atom is 0.196 e. The summed E-state index contributed by atoms with van der Waals surface area (Å²) in [5.74, 6) is 1.91. The van der Waals surface area contributed by atoms with Crippen LogP contribution in [0.3, 0.4) is 0 Å². The van der Waals surface area contributed by atoms with Crippen LogP contribution >= 0.6 is 11.8 Å². The van der Waals surface area contributed by atoms with Crippen LogP contribution in [0.2, 0.25) is 0 Å². The summed E-state index contributed by atoms with van der Waals surface area (Å²) >= 11 is 1.61. The summed E-state index contributed by atoms with van der Waals surface area (Å²) in [5.41, 5.74) is 4.01. The van der Waals surface area contributed by atoms with E-state index in [-0.39, 0.29) is 5.92 Å². The number of nitriles is 1. The maximum absolute atomic E-state index is 9.27. The van der Waals surface area contributed by atoms with Gasteiger partial charge in [-0.15, -0.1) is 10.2 Å². The van der Waals surface area contributed by atoms with Gasteiger partial charge in [0.05, 0.1) is 17.3 Å². The van der Waals surface area contributed by atoms with Crippen molar-refractivity contribution in [3.05, 3.63) is 71.0 Å². The molecule has 1 heterocycles. The van der Waals surface area contributed by atoms with Gasteiger partial charge in [0.1, 0.15) is 5.82 Å². The second-order valence-corrected chi connectivity index (χ2v) is 7.12. The lowest BCUT2D eigenvalue weighted by atomic mass is 10.1. The summed E-state index contributed by atoms with van der Waals surface area (Å²) in [5, 5.41) is 19.0. The minimum absolute atomic E-state index is 0.271. The van der Waals surface area contributed by atoms with Gasteiger partial charge in [-0.1, -0.05) is 62.0 Å². The predicted molar refractivity (Wildman–Crippen MR) is 101 cm³/mol. The molecule has 126 valence electrons. The average molecular weight is 348 g/mol. The molecule has 3 rings (SSSR count). The van der Waals surface area contributed by atoms with Gasteiger partial charge in [0.15, 0.2) is 5.16 Å². The SMILES string of the molecule is Cc1ccccc1-n1c(SCc2ccccc2C#N)nnc1C(C)C. The van der Waals surface area contributed by atoms with Crippen LogP contribution < -0.4 is 0 Å². The second-order valence-electron chi connectivity index (χ2n) is 6.17. The molecule has 5 heteroatoms. The first-order valence-electron chi connectivity index (χ1n) is 8.24. The maximum atomic E-state index is 9.27. The van der Waals surface area contributed by atoms with Crippen LogP contribution in [0.1, 0.15) is 42.3 Å². The molecule has 25 heavy (non-hydrogen) atoms. The van der Waals surface area contributed by atoms with Crippen LogP contribution in [0.25, 0.3) is 5.69 Å². The molecule has 0 bridgehead atoms. The average Bonchev–Trinajstić information content (AvgIpc) is 3.04. The zero-order valence-electron chi connectivity index (χ0n) is 14.6. The lowest BCUT2D eigenvalue weighted by Crippen LogP contribution is -2.06.